The van der Waals surface area contributed by atoms with E-state index in [0.717, 1.165) is 44.0 Å². The van der Waals surface area contributed by atoms with Gasteiger partial charge < -0.3 is 5.32 Å². The molecule has 25 heavy (non-hydrogen) atoms. The second-order valence-electron chi connectivity index (χ2n) is 7.13. The van der Waals surface area contributed by atoms with Gasteiger partial charge in [-0.1, -0.05) is 25.0 Å². The van der Waals surface area contributed by atoms with E-state index >= 15 is 0 Å². The highest BCUT2D eigenvalue weighted by molar-refractivity contribution is 5.82. The molecule has 2 N–H and O–H groups in total. The van der Waals surface area contributed by atoms with Crippen molar-refractivity contribution in [2.45, 2.75) is 43.4 Å². The van der Waals surface area contributed by atoms with Gasteiger partial charge in [-0.15, -0.1) is 0 Å². The normalized spacial score (nSPS) is 24.2. The van der Waals surface area contributed by atoms with Crippen molar-refractivity contribution < 1.29 is 13.6 Å². The van der Waals surface area contributed by atoms with Gasteiger partial charge in [0.2, 0.25) is 5.91 Å². The number of hydrogen-bond acceptors (Lipinski definition) is 3. The molecule has 2 aliphatic carbocycles. The van der Waals surface area contributed by atoms with Gasteiger partial charge in [0.05, 0.1) is 0 Å². The Kier molecular flexibility index (Phi) is 4.01. The van der Waals surface area contributed by atoms with Crippen LogP contribution < -0.4 is 5.32 Å². The standard InChI is InChI=1S/C18H20F2N4O/c19-14-5-3-4-13(15(14)20)18(6-1-2-7-18)9-21-17(25)12-8-11(12)16-22-10-23-24-16/h3-5,10-12H,1-2,6-9H2,(H,21,25)(H,22,23,24)/t11-,12+/m1/s1. The Balaban J connectivity index is 1.46. The van der Waals surface area contributed by atoms with E-state index in [1.807, 2.05) is 0 Å². The van der Waals surface area contributed by atoms with Gasteiger partial charge in [-0.3, -0.25) is 9.89 Å². The first-order valence-electron chi connectivity index (χ1n) is 8.68. The minimum absolute atomic E-state index is 0.0514. The lowest BCUT2D eigenvalue weighted by molar-refractivity contribution is -0.122. The fraction of sp³-hybridized carbons (Fsp3) is 0.500. The van der Waals surface area contributed by atoms with Gasteiger partial charge in [-0.05, 0) is 30.9 Å². The summed E-state index contributed by atoms with van der Waals surface area (Å²) in [5, 5.41) is 9.58. The fourth-order valence-corrected chi connectivity index (χ4v) is 4.07. The van der Waals surface area contributed by atoms with Crippen molar-refractivity contribution in [3.8, 4) is 0 Å². The number of halogens is 2. The highest BCUT2D eigenvalue weighted by Gasteiger charge is 2.47. The zero-order chi connectivity index (χ0) is 17.4. The highest BCUT2D eigenvalue weighted by atomic mass is 19.2. The summed E-state index contributed by atoms with van der Waals surface area (Å²) in [5.74, 6) is -0.986. The summed E-state index contributed by atoms with van der Waals surface area (Å²) in [6.07, 6.45) is 5.59. The van der Waals surface area contributed by atoms with Crippen molar-refractivity contribution >= 4 is 5.91 Å². The summed E-state index contributed by atoms with van der Waals surface area (Å²) < 4.78 is 28.0. The second-order valence-corrected chi connectivity index (χ2v) is 7.13. The third-order valence-electron chi connectivity index (χ3n) is 5.60. The molecule has 2 atom stereocenters. The average Bonchev–Trinajstić information content (AvgIpc) is 3.01. The number of aromatic nitrogens is 3. The van der Waals surface area contributed by atoms with Crippen LogP contribution in [0.3, 0.4) is 0 Å². The highest BCUT2D eigenvalue weighted by Crippen LogP contribution is 2.46. The lowest BCUT2D eigenvalue weighted by Gasteiger charge is -2.30. The molecule has 0 spiro atoms. The molecule has 1 amide bonds. The molecule has 7 heteroatoms. The van der Waals surface area contributed by atoms with Crippen molar-refractivity contribution in [2.24, 2.45) is 5.92 Å². The summed E-state index contributed by atoms with van der Waals surface area (Å²) >= 11 is 0. The summed E-state index contributed by atoms with van der Waals surface area (Å²) in [7, 11) is 0. The molecule has 2 aliphatic rings. The van der Waals surface area contributed by atoms with Crippen molar-refractivity contribution in [1.29, 1.82) is 0 Å². The van der Waals surface area contributed by atoms with Crippen LogP contribution in [0.1, 0.15) is 49.4 Å². The molecule has 5 nitrogen and oxygen atoms in total. The lowest BCUT2D eigenvalue weighted by atomic mass is 9.78. The first-order chi connectivity index (χ1) is 12.1. The van der Waals surface area contributed by atoms with Crippen LogP contribution in [0.25, 0.3) is 0 Å². The Bertz CT molecular complexity index is 771. The number of rotatable bonds is 5. The Morgan fingerprint density at radius 3 is 2.84 bits per heavy atom. The minimum Gasteiger partial charge on any atom is -0.355 e. The van der Waals surface area contributed by atoms with Crippen molar-refractivity contribution in [3.05, 3.63) is 47.5 Å². The number of nitrogens with one attached hydrogen (secondary N) is 2. The maximum Gasteiger partial charge on any atom is 0.223 e. The van der Waals surface area contributed by atoms with Crippen LogP contribution >= 0.6 is 0 Å². The van der Waals surface area contributed by atoms with Crippen LogP contribution in [-0.2, 0) is 10.2 Å². The number of hydrogen-bond donors (Lipinski definition) is 2. The number of nitrogens with zero attached hydrogens (tertiary/aromatic N) is 2. The fourth-order valence-electron chi connectivity index (χ4n) is 4.07. The molecule has 0 bridgehead atoms. The molecule has 1 aromatic carbocycles. The Labute approximate surface area is 144 Å². The number of carbonyl (C=O) groups is 1. The molecule has 2 aromatic rings. The molecular formula is C18H20F2N4O. The van der Waals surface area contributed by atoms with Gasteiger partial charge in [-0.2, -0.15) is 5.10 Å². The van der Waals surface area contributed by atoms with Gasteiger partial charge in [0.25, 0.3) is 0 Å². The quantitative estimate of drug-likeness (QED) is 0.875. The molecule has 0 unspecified atom stereocenters. The molecule has 2 fully saturated rings. The van der Waals surface area contributed by atoms with Gasteiger partial charge in [0.15, 0.2) is 11.6 Å². The zero-order valence-electron chi connectivity index (χ0n) is 13.8. The number of amides is 1. The van der Waals surface area contributed by atoms with Gasteiger partial charge in [0, 0.05) is 23.8 Å². The topological polar surface area (TPSA) is 70.7 Å². The zero-order valence-corrected chi connectivity index (χ0v) is 13.8. The molecule has 2 saturated carbocycles. The maximum atomic E-state index is 14.3. The van der Waals surface area contributed by atoms with Crippen LogP contribution in [0.2, 0.25) is 0 Å². The predicted molar refractivity (Wildman–Crippen MR) is 86.7 cm³/mol. The number of aromatic amines is 1. The van der Waals surface area contributed by atoms with Gasteiger partial charge in [0.1, 0.15) is 12.2 Å². The van der Waals surface area contributed by atoms with Crippen molar-refractivity contribution in [2.75, 3.05) is 6.54 Å². The van der Waals surface area contributed by atoms with E-state index < -0.39 is 17.0 Å². The molecule has 1 heterocycles. The number of benzene rings is 1. The molecule has 1 aromatic heterocycles. The minimum atomic E-state index is -0.831. The smallest absolute Gasteiger partial charge is 0.223 e. The monoisotopic (exact) mass is 346 g/mol. The largest absolute Gasteiger partial charge is 0.355 e. The van der Waals surface area contributed by atoms with Crippen molar-refractivity contribution in [1.82, 2.24) is 20.5 Å². The lowest BCUT2D eigenvalue weighted by Crippen LogP contribution is -2.40. The first-order valence-corrected chi connectivity index (χ1v) is 8.68. The van der Waals surface area contributed by atoms with Gasteiger partial charge >= 0.3 is 0 Å². The molecular weight excluding hydrogens is 326 g/mol. The van der Waals surface area contributed by atoms with E-state index in [9.17, 15) is 13.6 Å². The van der Waals surface area contributed by atoms with Crippen LogP contribution in [0.15, 0.2) is 24.5 Å². The molecule has 0 radical (unpaired) electrons. The van der Waals surface area contributed by atoms with E-state index in [-0.39, 0.29) is 17.7 Å². The summed E-state index contributed by atoms with van der Waals surface area (Å²) in [4.78, 5) is 16.5. The first kappa shape index (κ1) is 16.2. The van der Waals surface area contributed by atoms with Gasteiger partial charge in [-0.25, -0.2) is 13.8 Å². The Morgan fingerprint density at radius 2 is 2.12 bits per heavy atom. The molecule has 0 aliphatic heterocycles. The number of carbonyl (C=O) groups excluding carboxylic acids is 1. The maximum absolute atomic E-state index is 14.3. The van der Waals surface area contributed by atoms with Crippen LogP contribution in [0.4, 0.5) is 8.78 Å². The van der Waals surface area contributed by atoms with Crippen LogP contribution in [0.5, 0.6) is 0 Å². The summed E-state index contributed by atoms with van der Waals surface area (Å²) in [5.41, 5.74) is -0.133. The molecule has 0 saturated heterocycles. The SMILES string of the molecule is O=C(NCC1(c2cccc(F)c2F)CCCC1)[C@H]1C[C@H]1c1ncn[nH]1. The second kappa shape index (κ2) is 6.20. The van der Waals surface area contributed by atoms with E-state index in [1.54, 1.807) is 6.07 Å². The van der Waals surface area contributed by atoms with E-state index in [1.165, 1.54) is 12.4 Å². The number of H-pyrrole nitrogens is 1. The summed E-state index contributed by atoms with van der Waals surface area (Å²) in [6, 6.07) is 4.31. The van der Waals surface area contributed by atoms with E-state index in [4.69, 9.17) is 0 Å². The van der Waals surface area contributed by atoms with E-state index in [0.29, 0.717) is 12.1 Å². The van der Waals surface area contributed by atoms with E-state index in [2.05, 4.69) is 20.5 Å². The van der Waals surface area contributed by atoms with Crippen LogP contribution in [-0.4, -0.2) is 27.6 Å². The third-order valence-corrected chi connectivity index (χ3v) is 5.60. The Morgan fingerprint density at radius 1 is 1.32 bits per heavy atom. The molecule has 132 valence electrons. The molecule has 4 rings (SSSR count). The average molecular weight is 346 g/mol. The Hall–Kier alpha value is -2.31. The third kappa shape index (κ3) is 2.92. The van der Waals surface area contributed by atoms with Crippen molar-refractivity contribution in [3.63, 3.8) is 0 Å². The summed E-state index contributed by atoms with van der Waals surface area (Å²) in [6.45, 7) is 0.339. The predicted octanol–water partition coefficient (Wildman–Crippen LogP) is 2.81. The van der Waals surface area contributed by atoms with Crippen LogP contribution in [0, 0.1) is 17.6 Å².